The molecule has 2 aromatic rings. The first kappa shape index (κ1) is 20.3. The fourth-order valence-corrected chi connectivity index (χ4v) is 2.39. The third-order valence-electron chi connectivity index (χ3n) is 3.72. The first-order valence-corrected chi connectivity index (χ1v) is 8.25. The third-order valence-corrected chi connectivity index (χ3v) is 3.72. The lowest BCUT2D eigenvalue weighted by atomic mass is 10.2. The summed E-state index contributed by atoms with van der Waals surface area (Å²) in [6.45, 7) is -1.99. The van der Waals surface area contributed by atoms with Crippen LogP contribution in [0.1, 0.15) is 11.1 Å². The van der Waals surface area contributed by atoms with Gasteiger partial charge in [-0.25, -0.2) is 0 Å². The molecule has 0 spiro atoms. The quantitative estimate of drug-likeness (QED) is 0.545. The number of ether oxygens (including phenoxy) is 3. The highest BCUT2D eigenvalue weighted by Gasteiger charge is 2.11. The van der Waals surface area contributed by atoms with Crippen molar-refractivity contribution in [3.63, 3.8) is 0 Å². The van der Waals surface area contributed by atoms with Gasteiger partial charge in [0.2, 0.25) is 0 Å². The summed E-state index contributed by atoms with van der Waals surface area (Å²) in [5, 5.41) is 6.31. The van der Waals surface area contributed by atoms with Crippen molar-refractivity contribution in [2.75, 3.05) is 21.3 Å². The zero-order valence-electron chi connectivity index (χ0n) is 15.5. The number of rotatable bonds is 8. The summed E-state index contributed by atoms with van der Waals surface area (Å²) in [6, 6.07) is 12.5. The Morgan fingerprint density at radius 3 is 2.26 bits per heavy atom. The third kappa shape index (κ3) is 6.32. The van der Waals surface area contributed by atoms with Gasteiger partial charge < -0.3 is 24.8 Å². The number of nitrogens with zero attached hydrogens (tertiary/aromatic N) is 1. The molecule has 0 radical (unpaired) electrons. The Hall–Kier alpha value is -3.03. The van der Waals surface area contributed by atoms with Gasteiger partial charge in [0.15, 0.2) is 17.5 Å². The van der Waals surface area contributed by atoms with E-state index in [1.54, 1.807) is 26.3 Å². The van der Waals surface area contributed by atoms with Crippen LogP contribution in [0.3, 0.4) is 0 Å². The summed E-state index contributed by atoms with van der Waals surface area (Å²) < 4.78 is 39.8. The minimum absolute atomic E-state index is 0.00822. The molecule has 0 aliphatic carbocycles. The number of aliphatic imine (C=N–C) groups is 1. The first-order chi connectivity index (χ1) is 13.0. The SMILES string of the molecule is CN=C(NCc1cccc(OC)c1)NCc1ccc(OC)c(OC(F)F)c1. The molecule has 2 N–H and O–H groups in total. The van der Waals surface area contributed by atoms with Gasteiger partial charge in [-0.1, -0.05) is 18.2 Å². The fraction of sp³-hybridized carbons (Fsp3) is 0.316. The lowest BCUT2D eigenvalue weighted by Gasteiger charge is -2.14. The number of methoxy groups -OCH3 is 2. The van der Waals surface area contributed by atoms with Crippen LogP contribution in [0.15, 0.2) is 47.5 Å². The van der Waals surface area contributed by atoms with E-state index in [1.165, 1.54) is 13.2 Å². The zero-order valence-corrected chi connectivity index (χ0v) is 15.5. The number of halogens is 2. The number of nitrogens with one attached hydrogen (secondary N) is 2. The van der Waals surface area contributed by atoms with Crippen LogP contribution in [-0.4, -0.2) is 33.8 Å². The highest BCUT2D eigenvalue weighted by Crippen LogP contribution is 2.29. The van der Waals surface area contributed by atoms with E-state index in [1.807, 2.05) is 24.3 Å². The topological polar surface area (TPSA) is 64.1 Å². The van der Waals surface area contributed by atoms with E-state index in [2.05, 4.69) is 20.4 Å². The van der Waals surface area contributed by atoms with Gasteiger partial charge in [0.1, 0.15) is 5.75 Å². The molecule has 0 heterocycles. The average molecular weight is 379 g/mol. The van der Waals surface area contributed by atoms with E-state index >= 15 is 0 Å². The average Bonchev–Trinajstić information content (AvgIpc) is 2.68. The fourth-order valence-electron chi connectivity index (χ4n) is 2.39. The van der Waals surface area contributed by atoms with E-state index in [-0.39, 0.29) is 11.5 Å². The second kappa shape index (κ2) is 10.2. The second-order valence-electron chi connectivity index (χ2n) is 5.49. The summed E-state index contributed by atoms with van der Waals surface area (Å²) in [6.07, 6.45) is 0. The Morgan fingerprint density at radius 2 is 1.67 bits per heavy atom. The maximum atomic E-state index is 12.5. The van der Waals surface area contributed by atoms with Crippen LogP contribution in [0.4, 0.5) is 8.78 Å². The van der Waals surface area contributed by atoms with E-state index in [9.17, 15) is 8.78 Å². The maximum absolute atomic E-state index is 12.5. The van der Waals surface area contributed by atoms with Crippen molar-refractivity contribution in [2.45, 2.75) is 19.7 Å². The van der Waals surface area contributed by atoms with Gasteiger partial charge in [0.25, 0.3) is 0 Å². The molecule has 2 rings (SSSR count). The van der Waals surface area contributed by atoms with E-state index in [4.69, 9.17) is 9.47 Å². The molecule has 0 unspecified atom stereocenters. The van der Waals surface area contributed by atoms with Crippen LogP contribution in [0.25, 0.3) is 0 Å². The van der Waals surface area contributed by atoms with Crippen molar-refractivity contribution in [1.29, 1.82) is 0 Å². The Kier molecular flexibility index (Phi) is 7.66. The number of alkyl halides is 2. The van der Waals surface area contributed by atoms with Crippen LogP contribution in [0.5, 0.6) is 17.2 Å². The van der Waals surface area contributed by atoms with Crippen molar-refractivity contribution in [2.24, 2.45) is 4.99 Å². The first-order valence-electron chi connectivity index (χ1n) is 8.25. The molecule has 0 aromatic heterocycles. The maximum Gasteiger partial charge on any atom is 0.387 e. The van der Waals surface area contributed by atoms with Crippen LogP contribution in [0.2, 0.25) is 0 Å². The van der Waals surface area contributed by atoms with Crippen molar-refractivity contribution < 1.29 is 23.0 Å². The molecule has 0 atom stereocenters. The van der Waals surface area contributed by atoms with Crippen molar-refractivity contribution in [3.8, 4) is 17.2 Å². The van der Waals surface area contributed by atoms with Crippen LogP contribution in [0, 0.1) is 0 Å². The standard InChI is InChI=1S/C19H23F2N3O3/c1-22-19(23-11-13-5-4-6-15(9-13)25-2)24-12-14-7-8-16(26-3)17(10-14)27-18(20)21/h4-10,18H,11-12H2,1-3H3,(H2,22,23,24). The summed E-state index contributed by atoms with van der Waals surface area (Å²) in [7, 11) is 4.67. The van der Waals surface area contributed by atoms with Crippen LogP contribution in [-0.2, 0) is 13.1 Å². The van der Waals surface area contributed by atoms with Crippen molar-refractivity contribution in [3.05, 3.63) is 53.6 Å². The highest BCUT2D eigenvalue weighted by molar-refractivity contribution is 5.79. The molecular weight excluding hydrogens is 356 g/mol. The van der Waals surface area contributed by atoms with Crippen LogP contribution < -0.4 is 24.8 Å². The van der Waals surface area contributed by atoms with Gasteiger partial charge in [0, 0.05) is 20.1 Å². The van der Waals surface area contributed by atoms with E-state index in [0.29, 0.717) is 19.0 Å². The van der Waals surface area contributed by atoms with Crippen molar-refractivity contribution >= 4 is 5.96 Å². The van der Waals surface area contributed by atoms with Gasteiger partial charge in [-0.15, -0.1) is 0 Å². The molecule has 0 fully saturated rings. The minimum Gasteiger partial charge on any atom is -0.497 e. The molecule has 0 aliphatic heterocycles. The predicted octanol–water partition coefficient (Wildman–Crippen LogP) is 3.17. The molecule has 0 bridgehead atoms. The zero-order chi connectivity index (χ0) is 19.6. The summed E-state index contributed by atoms with van der Waals surface area (Å²) in [4.78, 5) is 4.15. The van der Waals surface area contributed by atoms with Crippen molar-refractivity contribution in [1.82, 2.24) is 10.6 Å². The summed E-state index contributed by atoms with van der Waals surface area (Å²) in [5.74, 6) is 1.60. The summed E-state index contributed by atoms with van der Waals surface area (Å²) >= 11 is 0. The highest BCUT2D eigenvalue weighted by atomic mass is 19.3. The lowest BCUT2D eigenvalue weighted by molar-refractivity contribution is -0.0512. The van der Waals surface area contributed by atoms with E-state index in [0.717, 1.165) is 16.9 Å². The molecule has 0 amide bonds. The van der Waals surface area contributed by atoms with Gasteiger partial charge in [-0.2, -0.15) is 8.78 Å². The normalized spacial score (nSPS) is 11.3. The molecule has 27 heavy (non-hydrogen) atoms. The summed E-state index contributed by atoms with van der Waals surface area (Å²) in [5.41, 5.74) is 1.78. The largest absolute Gasteiger partial charge is 0.497 e. The number of hydrogen-bond donors (Lipinski definition) is 2. The van der Waals surface area contributed by atoms with Gasteiger partial charge in [-0.05, 0) is 35.4 Å². The second-order valence-corrected chi connectivity index (χ2v) is 5.49. The van der Waals surface area contributed by atoms with Gasteiger partial charge >= 0.3 is 6.61 Å². The molecule has 146 valence electrons. The van der Waals surface area contributed by atoms with E-state index < -0.39 is 6.61 Å². The Morgan fingerprint density at radius 1 is 0.963 bits per heavy atom. The predicted molar refractivity (Wildman–Crippen MR) is 99.7 cm³/mol. The molecule has 0 saturated heterocycles. The number of hydrogen-bond acceptors (Lipinski definition) is 4. The molecule has 0 saturated carbocycles. The van der Waals surface area contributed by atoms with Gasteiger partial charge in [-0.3, -0.25) is 4.99 Å². The van der Waals surface area contributed by atoms with Crippen LogP contribution >= 0.6 is 0 Å². The molecule has 2 aromatic carbocycles. The molecule has 0 aliphatic rings. The lowest BCUT2D eigenvalue weighted by Crippen LogP contribution is -2.36. The molecular formula is C19H23F2N3O3. The Balaban J connectivity index is 1.95. The molecule has 6 nitrogen and oxygen atoms in total. The Bertz CT molecular complexity index is 770. The number of benzene rings is 2. The monoisotopic (exact) mass is 379 g/mol. The Labute approximate surface area is 157 Å². The molecule has 8 heteroatoms. The van der Waals surface area contributed by atoms with Gasteiger partial charge in [0.05, 0.1) is 14.2 Å². The number of guanidine groups is 1. The minimum atomic E-state index is -2.92. The smallest absolute Gasteiger partial charge is 0.387 e.